The summed E-state index contributed by atoms with van der Waals surface area (Å²) >= 11 is 0. The van der Waals surface area contributed by atoms with Crippen molar-refractivity contribution in [3.63, 3.8) is 0 Å². The SMILES string of the molecule is CC(=O)N1C[C@H](O)C[C@H]1C(=O)N[C@H](CC1CC1)C(N)=O. The lowest BCUT2D eigenvalue weighted by Gasteiger charge is -2.24. The number of nitrogens with two attached hydrogens (primary N) is 1. The molecule has 2 aliphatic rings. The second kappa shape index (κ2) is 5.78. The lowest BCUT2D eigenvalue weighted by atomic mass is 10.1. The van der Waals surface area contributed by atoms with Crippen molar-refractivity contribution >= 4 is 17.7 Å². The first-order valence-electron chi connectivity index (χ1n) is 6.93. The van der Waals surface area contributed by atoms with Gasteiger partial charge in [0.1, 0.15) is 12.1 Å². The Kier molecular flexibility index (Phi) is 4.27. The molecule has 1 saturated heterocycles. The number of nitrogens with zero attached hydrogens (tertiary/aromatic N) is 1. The summed E-state index contributed by atoms with van der Waals surface area (Å²) in [7, 11) is 0. The van der Waals surface area contributed by atoms with Gasteiger partial charge in [-0.3, -0.25) is 14.4 Å². The molecule has 0 aromatic heterocycles. The quantitative estimate of drug-likeness (QED) is 0.584. The van der Waals surface area contributed by atoms with Crippen LogP contribution in [0, 0.1) is 5.92 Å². The molecule has 1 aliphatic carbocycles. The molecule has 3 amide bonds. The number of amides is 3. The molecule has 0 radical (unpaired) electrons. The molecular formula is C13H21N3O4. The summed E-state index contributed by atoms with van der Waals surface area (Å²) < 4.78 is 0. The first-order chi connectivity index (χ1) is 9.38. The standard InChI is InChI=1S/C13H21N3O4/c1-7(17)16-6-9(18)5-11(16)13(20)15-10(12(14)19)4-8-2-3-8/h8-11,18H,2-6H2,1H3,(H2,14,19)(H,15,20)/t9-,10-,11+/m1/s1. The van der Waals surface area contributed by atoms with E-state index in [9.17, 15) is 19.5 Å². The molecule has 4 N–H and O–H groups in total. The van der Waals surface area contributed by atoms with Crippen LogP contribution in [0.2, 0.25) is 0 Å². The molecule has 1 heterocycles. The topological polar surface area (TPSA) is 113 Å². The van der Waals surface area contributed by atoms with E-state index in [4.69, 9.17) is 5.73 Å². The molecule has 20 heavy (non-hydrogen) atoms. The zero-order valence-corrected chi connectivity index (χ0v) is 11.5. The lowest BCUT2D eigenvalue weighted by molar-refractivity contribution is -0.138. The van der Waals surface area contributed by atoms with Gasteiger partial charge in [-0.2, -0.15) is 0 Å². The van der Waals surface area contributed by atoms with Gasteiger partial charge in [-0.25, -0.2) is 0 Å². The minimum atomic E-state index is -0.719. The van der Waals surface area contributed by atoms with E-state index in [-0.39, 0.29) is 18.9 Å². The molecule has 0 aromatic carbocycles. The Hall–Kier alpha value is -1.63. The van der Waals surface area contributed by atoms with E-state index in [1.165, 1.54) is 11.8 Å². The number of primary amides is 1. The number of carbonyl (C=O) groups is 3. The van der Waals surface area contributed by atoms with Crippen molar-refractivity contribution < 1.29 is 19.5 Å². The van der Waals surface area contributed by atoms with Crippen LogP contribution in [0.25, 0.3) is 0 Å². The van der Waals surface area contributed by atoms with Crippen molar-refractivity contribution in [1.29, 1.82) is 0 Å². The summed E-state index contributed by atoms with van der Waals surface area (Å²) in [5.74, 6) is -0.787. The first kappa shape index (κ1) is 14.8. The fraction of sp³-hybridized carbons (Fsp3) is 0.769. The number of likely N-dealkylation sites (tertiary alicyclic amines) is 1. The molecule has 3 atom stereocenters. The van der Waals surface area contributed by atoms with Crippen LogP contribution < -0.4 is 11.1 Å². The monoisotopic (exact) mass is 283 g/mol. The third kappa shape index (κ3) is 3.47. The van der Waals surface area contributed by atoms with Crippen LogP contribution in [0.15, 0.2) is 0 Å². The van der Waals surface area contributed by atoms with Gasteiger partial charge in [-0.05, 0) is 12.3 Å². The molecule has 0 aromatic rings. The minimum absolute atomic E-state index is 0.150. The second-order valence-electron chi connectivity index (χ2n) is 5.72. The fourth-order valence-corrected chi connectivity index (χ4v) is 2.61. The molecule has 7 heteroatoms. The average Bonchev–Trinajstić information content (AvgIpc) is 3.08. The largest absolute Gasteiger partial charge is 0.391 e. The summed E-state index contributed by atoms with van der Waals surface area (Å²) in [5.41, 5.74) is 5.30. The first-order valence-corrected chi connectivity index (χ1v) is 6.93. The Morgan fingerprint density at radius 1 is 1.40 bits per heavy atom. The Bertz CT molecular complexity index is 422. The number of carbonyl (C=O) groups excluding carboxylic acids is 3. The van der Waals surface area contributed by atoms with E-state index < -0.39 is 30.0 Å². The van der Waals surface area contributed by atoms with Gasteiger partial charge in [0.2, 0.25) is 17.7 Å². The van der Waals surface area contributed by atoms with Crippen LogP contribution in [-0.4, -0.2) is 52.5 Å². The summed E-state index contributed by atoms with van der Waals surface area (Å²) in [6.07, 6.45) is 2.16. The number of nitrogens with one attached hydrogen (secondary N) is 1. The zero-order valence-electron chi connectivity index (χ0n) is 11.5. The minimum Gasteiger partial charge on any atom is -0.391 e. The fourth-order valence-electron chi connectivity index (χ4n) is 2.61. The Balaban J connectivity index is 1.97. The van der Waals surface area contributed by atoms with E-state index in [0.29, 0.717) is 12.3 Å². The van der Waals surface area contributed by atoms with Crippen LogP contribution in [0.3, 0.4) is 0 Å². The van der Waals surface area contributed by atoms with Crippen molar-refractivity contribution in [2.45, 2.75) is 50.8 Å². The van der Waals surface area contributed by atoms with E-state index in [1.54, 1.807) is 0 Å². The molecule has 0 unspecified atom stereocenters. The highest BCUT2D eigenvalue weighted by Gasteiger charge is 2.39. The number of aliphatic hydroxyl groups excluding tert-OH is 1. The molecule has 1 saturated carbocycles. The second-order valence-corrected chi connectivity index (χ2v) is 5.72. The van der Waals surface area contributed by atoms with Crippen molar-refractivity contribution in [3.8, 4) is 0 Å². The van der Waals surface area contributed by atoms with E-state index in [2.05, 4.69) is 5.32 Å². The van der Waals surface area contributed by atoms with Gasteiger partial charge in [-0.15, -0.1) is 0 Å². The summed E-state index contributed by atoms with van der Waals surface area (Å²) in [5, 5.41) is 12.2. The van der Waals surface area contributed by atoms with Crippen LogP contribution in [-0.2, 0) is 14.4 Å². The van der Waals surface area contributed by atoms with Crippen molar-refractivity contribution in [2.24, 2.45) is 11.7 Å². The summed E-state index contributed by atoms with van der Waals surface area (Å²) in [6, 6.07) is -1.41. The number of aliphatic hydroxyl groups is 1. The summed E-state index contributed by atoms with van der Waals surface area (Å²) in [6.45, 7) is 1.51. The Morgan fingerprint density at radius 2 is 2.05 bits per heavy atom. The molecule has 7 nitrogen and oxygen atoms in total. The van der Waals surface area contributed by atoms with Gasteiger partial charge in [0, 0.05) is 19.9 Å². The molecule has 0 spiro atoms. The van der Waals surface area contributed by atoms with Gasteiger partial charge >= 0.3 is 0 Å². The Labute approximate surface area is 117 Å². The Morgan fingerprint density at radius 3 is 2.55 bits per heavy atom. The van der Waals surface area contributed by atoms with Crippen molar-refractivity contribution in [1.82, 2.24) is 10.2 Å². The van der Waals surface area contributed by atoms with E-state index >= 15 is 0 Å². The molecule has 0 bridgehead atoms. The third-order valence-electron chi connectivity index (χ3n) is 3.91. The van der Waals surface area contributed by atoms with Gasteiger partial charge < -0.3 is 21.1 Å². The van der Waals surface area contributed by atoms with Gasteiger partial charge in [0.05, 0.1) is 6.10 Å². The molecule has 1 aliphatic heterocycles. The van der Waals surface area contributed by atoms with Crippen LogP contribution in [0.4, 0.5) is 0 Å². The highest BCUT2D eigenvalue weighted by molar-refractivity contribution is 5.91. The average molecular weight is 283 g/mol. The van der Waals surface area contributed by atoms with Crippen LogP contribution in [0.5, 0.6) is 0 Å². The molecule has 2 fully saturated rings. The highest BCUT2D eigenvalue weighted by atomic mass is 16.3. The number of β-amino-alcohol motifs (C(OH)–C–C–N with tert-alkyl or cyclic N) is 1. The van der Waals surface area contributed by atoms with Gasteiger partial charge in [-0.1, -0.05) is 12.8 Å². The summed E-state index contributed by atoms with van der Waals surface area (Å²) in [4.78, 5) is 36.4. The molecule has 2 rings (SSSR count). The molecule has 112 valence electrons. The predicted octanol–water partition coefficient (Wildman–Crippen LogP) is -1.26. The van der Waals surface area contributed by atoms with E-state index in [0.717, 1.165) is 12.8 Å². The number of rotatable bonds is 5. The predicted molar refractivity (Wildman–Crippen MR) is 70.3 cm³/mol. The lowest BCUT2D eigenvalue weighted by Crippen LogP contribution is -2.52. The maximum Gasteiger partial charge on any atom is 0.243 e. The van der Waals surface area contributed by atoms with Crippen LogP contribution in [0.1, 0.15) is 32.6 Å². The zero-order chi connectivity index (χ0) is 14.9. The van der Waals surface area contributed by atoms with Crippen LogP contribution >= 0.6 is 0 Å². The van der Waals surface area contributed by atoms with Crippen molar-refractivity contribution in [3.05, 3.63) is 0 Å². The maximum absolute atomic E-state index is 12.2. The normalized spacial score (nSPS) is 27.2. The number of hydrogen-bond acceptors (Lipinski definition) is 4. The van der Waals surface area contributed by atoms with E-state index in [1.807, 2.05) is 0 Å². The maximum atomic E-state index is 12.2. The highest BCUT2D eigenvalue weighted by Crippen LogP contribution is 2.33. The van der Waals surface area contributed by atoms with Crippen molar-refractivity contribution in [2.75, 3.05) is 6.54 Å². The third-order valence-corrected chi connectivity index (χ3v) is 3.91. The molecular weight excluding hydrogens is 262 g/mol. The van der Waals surface area contributed by atoms with Gasteiger partial charge in [0.15, 0.2) is 0 Å². The van der Waals surface area contributed by atoms with Gasteiger partial charge in [0.25, 0.3) is 0 Å². The number of hydrogen-bond donors (Lipinski definition) is 3. The smallest absolute Gasteiger partial charge is 0.243 e.